The number of imide groups is 1. The fourth-order valence-electron chi connectivity index (χ4n) is 3.35. The van der Waals surface area contributed by atoms with Gasteiger partial charge in [-0.3, -0.25) is 19.3 Å². The van der Waals surface area contributed by atoms with E-state index in [1.165, 1.54) is 11.8 Å². The van der Waals surface area contributed by atoms with E-state index >= 15 is 0 Å². The summed E-state index contributed by atoms with van der Waals surface area (Å²) in [6, 6.07) is 13.9. The molecule has 4 rings (SSSR count). The Morgan fingerprint density at radius 2 is 1.76 bits per heavy atom. The van der Waals surface area contributed by atoms with Crippen molar-refractivity contribution in [2.45, 2.75) is 13.8 Å². The fraction of sp³-hybridized carbons (Fsp3) is 0.143. The number of hydrogen-bond donors (Lipinski definition) is 0. The minimum Gasteiger partial charge on any atom is -0.494 e. The molecule has 29 heavy (non-hydrogen) atoms. The summed E-state index contributed by atoms with van der Waals surface area (Å²) in [6.45, 7) is 3.76. The van der Waals surface area contributed by atoms with E-state index in [9.17, 15) is 14.4 Å². The fourth-order valence-corrected chi connectivity index (χ4v) is 4.72. The number of carbonyl (C=O) groups is 3. The molecular weight excluding hydrogens is 408 g/mol. The highest BCUT2D eigenvalue weighted by atomic mass is 32.2. The smallest absolute Gasteiger partial charge is 0.271 e. The van der Waals surface area contributed by atoms with Gasteiger partial charge in [-0.1, -0.05) is 42.2 Å². The van der Waals surface area contributed by atoms with Gasteiger partial charge < -0.3 is 4.74 Å². The van der Waals surface area contributed by atoms with Crippen LogP contribution in [-0.2, 0) is 14.4 Å². The van der Waals surface area contributed by atoms with Crippen LogP contribution >= 0.6 is 24.0 Å². The van der Waals surface area contributed by atoms with Crippen molar-refractivity contribution in [1.29, 1.82) is 0 Å². The molecule has 2 aliphatic heterocycles. The molecule has 0 aliphatic carbocycles. The highest BCUT2D eigenvalue weighted by Crippen LogP contribution is 2.45. The molecule has 2 aliphatic rings. The predicted molar refractivity (Wildman–Crippen MR) is 117 cm³/mol. The third-order valence-corrected chi connectivity index (χ3v) is 5.92. The predicted octanol–water partition coefficient (Wildman–Crippen LogP) is 3.75. The maximum absolute atomic E-state index is 13.2. The van der Waals surface area contributed by atoms with E-state index in [0.29, 0.717) is 33.6 Å². The van der Waals surface area contributed by atoms with Crippen molar-refractivity contribution in [1.82, 2.24) is 0 Å². The standard InChI is InChI=1S/C21H16N2O4S2/c1-3-27-14-10-8-13(9-11-14)23-20(26)18(29-21(23)28)17-15-6-4-5-7-16(15)22(12(2)24)19(17)25/h4-11H,3H2,1-2H3/b18-17-. The molecule has 0 aromatic heterocycles. The van der Waals surface area contributed by atoms with Crippen molar-refractivity contribution in [3.05, 3.63) is 59.0 Å². The van der Waals surface area contributed by atoms with Gasteiger partial charge in [-0.2, -0.15) is 0 Å². The second kappa shape index (κ2) is 7.46. The quantitative estimate of drug-likeness (QED) is 0.552. The number of thiocarbonyl (C=S) groups is 1. The molecule has 3 amide bonds. The second-order valence-corrected chi connectivity index (χ2v) is 7.96. The molecule has 0 unspecified atom stereocenters. The summed E-state index contributed by atoms with van der Waals surface area (Å²) in [5.74, 6) is -0.602. The van der Waals surface area contributed by atoms with Gasteiger partial charge in [-0.05, 0) is 37.3 Å². The summed E-state index contributed by atoms with van der Waals surface area (Å²) < 4.78 is 5.76. The van der Waals surface area contributed by atoms with E-state index in [0.717, 1.165) is 16.7 Å². The number of para-hydroxylation sites is 1. The molecule has 1 fully saturated rings. The number of benzene rings is 2. The molecule has 0 atom stereocenters. The Kier molecular flexibility index (Phi) is 4.97. The molecule has 0 radical (unpaired) electrons. The third-order valence-electron chi connectivity index (χ3n) is 4.55. The molecule has 0 bridgehead atoms. The van der Waals surface area contributed by atoms with Gasteiger partial charge >= 0.3 is 0 Å². The van der Waals surface area contributed by atoms with Crippen molar-refractivity contribution in [3.63, 3.8) is 0 Å². The zero-order valence-electron chi connectivity index (χ0n) is 15.7. The Balaban J connectivity index is 1.78. The number of carbonyl (C=O) groups excluding carboxylic acids is 3. The molecule has 8 heteroatoms. The van der Waals surface area contributed by atoms with Gasteiger partial charge in [-0.15, -0.1) is 0 Å². The van der Waals surface area contributed by atoms with Crippen LogP contribution in [0.15, 0.2) is 53.4 Å². The van der Waals surface area contributed by atoms with Crippen LogP contribution in [0.1, 0.15) is 19.4 Å². The number of fused-ring (bicyclic) bond motifs is 1. The minimum atomic E-state index is -0.508. The number of hydrogen-bond acceptors (Lipinski definition) is 6. The molecule has 0 spiro atoms. The summed E-state index contributed by atoms with van der Waals surface area (Å²) in [7, 11) is 0. The van der Waals surface area contributed by atoms with Gasteiger partial charge in [0, 0.05) is 12.5 Å². The molecule has 2 aromatic rings. The van der Waals surface area contributed by atoms with Crippen LogP contribution in [0.2, 0.25) is 0 Å². The van der Waals surface area contributed by atoms with Gasteiger partial charge in [-0.25, -0.2) is 4.90 Å². The van der Waals surface area contributed by atoms with Crippen molar-refractivity contribution in [2.75, 3.05) is 16.4 Å². The van der Waals surface area contributed by atoms with Crippen LogP contribution in [0.25, 0.3) is 5.57 Å². The first-order valence-corrected chi connectivity index (χ1v) is 10.1. The summed E-state index contributed by atoms with van der Waals surface area (Å²) in [6.07, 6.45) is 0. The third kappa shape index (κ3) is 3.14. The highest BCUT2D eigenvalue weighted by molar-refractivity contribution is 8.27. The van der Waals surface area contributed by atoms with Crippen LogP contribution in [0.5, 0.6) is 5.75 Å². The first-order chi connectivity index (χ1) is 13.9. The monoisotopic (exact) mass is 424 g/mol. The van der Waals surface area contributed by atoms with Crippen LogP contribution in [0, 0.1) is 0 Å². The summed E-state index contributed by atoms with van der Waals surface area (Å²) in [5, 5.41) is 0. The van der Waals surface area contributed by atoms with Gasteiger partial charge in [0.1, 0.15) is 5.75 Å². The lowest BCUT2D eigenvalue weighted by Gasteiger charge is -2.15. The summed E-state index contributed by atoms with van der Waals surface area (Å²) >= 11 is 6.49. The first kappa shape index (κ1) is 19.4. The van der Waals surface area contributed by atoms with Gasteiger partial charge in [0.25, 0.3) is 11.8 Å². The number of nitrogens with zero attached hydrogens (tertiary/aromatic N) is 2. The number of amides is 3. The molecule has 0 saturated carbocycles. The average molecular weight is 425 g/mol. The summed E-state index contributed by atoms with van der Waals surface area (Å²) in [4.78, 5) is 41.0. The SMILES string of the molecule is CCOc1ccc(N2C(=O)/C(=C3/C(=O)N(C(C)=O)c4ccccc43)SC2=S)cc1. The molecule has 0 N–H and O–H groups in total. The zero-order valence-corrected chi connectivity index (χ0v) is 17.3. The topological polar surface area (TPSA) is 66.9 Å². The Bertz CT molecular complexity index is 1090. The van der Waals surface area contributed by atoms with Gasteiger partial charge in [0.15, 0.2) is 4.32 Å². The largest absolute Gasteiger partial charge is 0.494 e. The minimum absolute atomic E-state index is 0.210. The number of rotatable bonds is 3. The second-order valence-electron chi connectivity index (χ2n) is 6.32. The van der Waals surface area contributed by atoms with Crippen LogP contribution < -0.4 is 14.5 Å². The normalized spacial score (nSPS) is 18.5. The maximum Gasteiger partial charge on any atom is 0.271 e. The zero-order chi connectivity index (χ0) is 20.7. The van der Waals surface area contributed by atoms with Gasteiger partial charge in [0.2, 0.25) is 5.91 Å². The molecule has 1 saturated heterocycles. The van der Waals surface area contributed by atoms with Crippen molar-refractivity contribution < 1.29 is 19.1 Å². The van der Waals surface area contributed by atoms with Crippen molar-refractivity contribution in [2.24, 2.45) is 0 Å². The molecule has 2 aromatic carbocycles. The molecule has 146 valence electrons. The van der Waals surface area contributed by atoms with E-state index < -0.39 is 11.8 Å². The lowest BCUT2D eigenvalue weighted by atomic mass is 10.1. The number of anilines is 2. The Morgan fingerprint density at radius 1 is 1.07 bits per heavy atom. The molecular formula is C21H16N2O4S2. The Hall–Kier alpha value is -2.97. The molecule has 2 heterocycles. The maximum atomic E-state index is 13.2. The highest BCUT2D eigenvalue weighted by Gasteiger charge is 2.43. The van der Waals surface area contributed by atoms with E-state index in [2.05, 4.69) is 0 Å². The van der Waals surface area contributed by atoms with E-state index in [4.69, 9.17) is 17.0 Å². The first-order valence-electron chi connectivity index (χ1n) is 8.92. The van der Waals surface area contributed by atoms with Gasteiger partial charge in [0.05, 0.1) is 28.5 Å². The lowest BCUT2D eigenvalue weighted by Crippen LogP contribution is -2.32. The molecule has 6 nitrogen and oxygen atoms in total. The summed E-state index contributed by atoms with van der Waals surface area (Å²) in [5.41, 5.74) is 1.83. The van der Waals surface area contributed by atoms with Crippen molar-refractivity contribution >= 4 is 63.0 Å². The van der Waals surface area contributed by atoms with E-state index in [1.807, 2.05) is 6.92 Å². The van der Waals surface area contributed by atoms with Crippen molar-refractivity contribution in [3.8, 4) is 5.75 Å². The Morgan fingerprint density at radius 3 is 2.41 bits per heavy atom. The average Bonchev–Trinajstić information content (AvgIpc) is 3.15. The van der Waals surface area contributed by atoms with Crippen LogP contribution in [0.4, 0.5) is 11.4 Å². The lowest BCUT2D eigenvalue weighted by molar-refractivity contribution is -0.122. The van der Waals surface area contributed by atoms with Crippen LogP contribution in [-0.4, -0.2) is 28.6 Å². The van der Waals surface area contributed by atoms with E-state index in [1.54, 1.807) is 48.5 Å². The number of thioether (sulfide) groups is 1. The number of ether oxygens (including phenoxy) is 1. The van der Waals surface area contributed by atoms with Crippen LogP contribution in [0.3, 0.4) is 0 Å². The van der Waals surface area contributed by atoms with E-state index in [-0.39, 0.29) is 16.4 Å². The Labute approximate surface area is 177 Å².